The summed E-state index contributed by atoms with van der Waals surface area (Å²) < 4.78 is 4.90. The zero-order chi connectivity index (χ0) is 16.9. The van der Waals surface area contributed by atoms with Gasteiger partial charge in [-0.3, -0.25) is 14.6 Å². The summed E-state index contributed by atoms with van der Waals surface area (Å²) in [5.41, 5.74) is 0.968. The molecule has 2 amide bonds. The molecular formula is C17H20N4O3. The van der Waals surface area contributed by atoms with Gasteiger partial charge in [0.15, 0.2) is 5.69 Å². The molecule has 3 rings (SSSR count). The molecule has 0 bridgehead atoms. The molecule has 3 heterocycles. The quantitative estimate of drug-likeness (QED) is 0.922. The Morgan fingerprint density at radius 1 is 1.29 bits per heavy atom. The molecule has 7 heteroatoms. The average Bonchev–Trinajstić information content (AvgIpc) is 3.07. The predicted molar refractivity (Wildman–Crippen MR) is 86.4 cm³/mol. The van der Waals surface area contributed by atoms with Crippen molar-refractivity contribution in [3.8, 4) is 0 Å². The van der Waals surface area contributed by atoms with Crippen LogP contribution in [0.3, 0.4) is 0 Å². The van der Waals surface area contributed by atoms with E-state index in [0.29, 0.717) is 42.6 Å². The monoisotopic (exact) mass is 328 g/mol. The van der Waals surface area contributed by atoms with E-state index in [1.807, 2.05) is 4.90 Å². The Kier molecular flexibility index (Phi) is 4.88. The summed E-state index contributed by atoms with van der Waals surface area (Å²) >= 11 is 0. The summed E-state index contributed by atoms with van der Waals surface area (Å²) in [5, 5.41) is 6.59. The van der Waals surface area contributed by atoms with Crippen LogP contribution in [-0.2, 0) is 0 Å². The lowest BCUT2D eigenvalue weighted by Crippen LogP contribution is -2.41. The van der Waals surface area contributed by atoms with Gasteiger partial charge in [0.1, 0.15) is 5.76 Å². The van der Waals surface area contributed by atoms with Gasteiger partial charge in [0.2, 0.25) is 0 Å². The van der Waals surface area contributed by atoms with Crippen molar-refractivity contribution in [3.63, 3.8) is 0 Å². The fourth-order valence-corrected chi connectivity index (χ4v) is 2.82. The first kappa shape index (κ1) is 16.2. The summed E-state index contributed by atoms with van der Waals surface area (Å²) in [5.74, 6) is 0.798. The molecule has 2 aromatic rings. The average molecular weight is 328 g/mol. The lowest BCUT2D eigenvalue weighted by Gasteiger charge is -2.32. The van der Waals surface area contributed by atoms with Crippen molar-refractivity contribution in [1.29, 1.82) is 0 Å². The van der Waals surface area contributed by atoms with E-state index in [1.165, 1.54) is 0 Å². The number of aromatic nitrogens is 2. The van der Waals surface area contributed by atoms with E-state index in [4.69, 9.17) is 4.52 Å². The number of rotatable bonds is 4. The van der Waals surface area contributed by atoms with Crippen LogP contribution in [0.1, 0.15) is 39.4 Å². The van der Waals surface area contributed by atoms with Gasteiger partial charge in [0.25, 0.3) is 11.8 Å². The molecule has 2 aromatic heterocycles. The number of hydrogen-bond donors (Lipinski definition) is 1. The van der Waals surface area contributed by atoms with E-state index in [9.17, 15) is 9.59 Å². The smallest absolute Gasteiger partial charge is 0.273 e. The Hall–Kier alpha value is -2.70. The van der Waals surface area contributed by atoms with E-state index in [0.717, 1.165) is 12.8 Å². The maximum absolute atomic E-state index is 12.4. The molecule has 24 heavy (non-hydrogen) atoms. The number of nitrogens with one attached hydrogen (secondary N) is 1. The normalized spacial score (nSPS) is 15.3. The van der Waals surface area contributed by atoms with Crippen LogP contribution in [0.4, 0.5) is 0 Å². The summed E-state index contributed by atoms with van der Waals surface area (Å²) in [6.07, 6.45) is 4.99. The molecule has 0 aromatic carbocycles. The highest BCUT2D eigenvalue weighted by molar-refractivity contribution is 5.94. The van der Waals surface area contributed by atoms with Gasteiger partial charge in [-0.15, -0.1) is 0 Å². The number of aryl methyl sites for hydroxylation is 1. The zero-order valence-corrected chi connectivity index (χ0v) is 13.6. The first-order valence-corrected chi connectivity index (χ1v) is 8.04. The van der Waals surface area contributed by atoms with Crippen LogP contribution in [0.5, 0.6) is 0 Å². The van der Waals surface area contributed by atoms with Gasteiger partial charge in [0, 0.05) is 43.7 Å². The molecule has 1 aliphatic rings. The van der Waals surface area contributed by atoms with Crippen molar-refractivity contribution in [2.24, 2.45) is 5.92 Å². The minimum atomic E-state index is -0.220. The molecule has 1 fully saturated rings. The summed E-state index contributed by atoms with van der Waals surface area (Å²) in [6.45, 7) is 3.73. The van der Waals surface area contributed by atoms with Crippen LogP contribution in [0.2, 0.25) is 0 Å². The van der Waals surface area contributed by atoms with E-state index in [1.54, 1.807) is 37.5 Å². The summed E-state index contributed by atoms with van der Waals surface area (Å²) in [4.78, 5) is 30.1. The van der Waals surface area contributed by atoms with E-state index in [2.05, 4.69) is 15.5 Å². The maximum Gasteiger partial charge on any atom is 0.273 e. The number of amides is 2. The minimum Gasteiger partial charge on any atom is -0.361 e. The van der Waals surface area contributed by atoms with E-state index in [-0.39, 0.29) is 11.8 Å². The van der Waals surface area contributed by atoms with Gasteiger partial charge >= 0.3 is 0 Å². The molecule has 1 N–H and O–H groups in total. The molecular weight excluding hydrogens is 308 g/mol. The molecule has 126 valence electrons. The second-order valence-corrected chi connectivity index (χ2v) is 6.00. The van der Waals surface area contributed by atoms with Crippen molar-refractivity contribution in [2.45, 2.75) is 19.8 Å². The summed E-state index contributed by atoms with van der Waals surface area (Å²) in [6, 6.07) is 5.08. The fraction of sp³-hybridized carbons (Fsp3) is 0.412. The largest absolute Gasteiger partial charge is 0.361 e. The zero-order valence-electron chi connectivity index (χ0n) is 13.6. The Bertz CT molecular complexity index is 706. The Balaban J connectivity index is 1.45. The third-order valence-electron chi connectivity index (χ3n) is 4.24. The van der Waals surface area contributed by atoms with Gasteiger partial charge in [0.05, 0.1) is 0 Å². The van der Waals surface area contributed by atoms with Crippen molar-refractivity contribution >= 4 is 11.8 Å². The molecule has 1 saturated heterocycles. The fourth-order valence-electron chi connectivity index (χ4n) is 2.82. The predicted octanol–water partition coefficient (Wildman–Crippen LogP) is 1.66. The molecule has 7 nitrogen and oxygen atoms in total. The summed E-state index contributed by atoms with van der Waals surface area (Å²) in [7, 11) is 0. The van der Waals surface area contributed by atoms with Crippen LogP contribution in [0, 0.1) is 12.8 Å². The highest BCUT2D eigenvalue weighted by Crippen LogP contribution is 2.18. The number of likely N-dealkylation sites (tertiary alicyclic amines) is 1. The Labute approximate surface area is 140 Å². The van der Waals surface area contributed by atoms with E-state index >= 15 is 0 Å². The third kappa shape index (κ3) is 3.79. The van der Waals surface area contributed by atoms with Crippen LogP contribution in [-0.4, -0.2) is 46.5 Å². The van der Waals surface area contributed by atoms with Crippen LogP contribution in [0.25, 0.3) is 0 Å². The van der Waals surface area contributed by atoms with Crippen molar-refractivity contribution in [2.75, 3.05) is 19.6 Å². The van der Waals surface area contributed by atoms with Crippen LogP contribution < -0.4 is 5.32 Å². The second-order valence-electron chi connectivity index (χ2n) is 6.00. The highest BCUT2D eigenvalue weighted by atomic mass is 16.5. The van der Waals surface area contributed by atoms with Gasteiger partial charge in [-0.1, -0.05) is 5.16 Å². The number of hydrogen-bond acceptors (Lipinski definition) is 5. The topological polar surface area (TPSA) is 88.3 Å². The number of carbonyl (C=O) groups excluding carboxylic acids is 2. The highest BCUT2D eigenvalue weighted by Gasteiger charge is 2.24. The van der Waals surface area contributed by atoms with Crippen molar-refractivity contribution < 1.29 is 14.1 Å². The lowest BCUT2D eigenvalue weighted by atomic mass is 9.96. The lowest BCUT2D eigenvalue weighted by molar-refractivity contribution is 0.0684. The van der Waals surface area contributed by atoms with Gasteiger partial charge < -0.3 is 14.7 Å². The second kappa shape index (κ2) is 7.25. The molecule has 1 aliphatic heterocycles. The molecule has 0 atom stereocenters. The van der Waals surface area contributed by atoms with Crippen molar-refractivity contribution in [1.82, 2.24) is 20.4 Å². The van der Waals surface area contributed by atoms with Gasteiger partial charge in [-0.2, -0.15) is 0 Å². The first-order valence-electron chi connectivity index (χ1n) is 8.04. The number of nitrogens with zero attached hydrogens (tertiary/aromatic N) is 3. The Morgan fingerprint density at radius 2 is 2.00 bits per heavy atom. The first-order chi connectivity index (χ1) is 11.6. The molecule has 0 unspecified atom stereocenters. The van der Waals surface area contributed by atoms with Crippen molar-refractivity contribution in [3.05, 3.63) is 47.6 Å². The van der Waals surface area contributed by atoms with Gasteiger partial charge in [-0.05, 0) is 37.8 Å². The maximum atomic E-state index is 12.4. The minimum absolute atomic E-state index is 0.0398. The molecule has 0 aliphatic carbocycles. The molecule has 0 radical (unpaired) electrons. The Morgan fingerprint density at radius 3 is 2.62 bits per heavy atom. The number of piperidine rings is 1. The SMILES string of the molecule is Cc1cc(C(=O)NCC2CCN(C(=O)c3ccncc3)CC2)no1. The third-order valence-corrected chi connectivity index (χ3v) is 4.24. The van der Waals surface area contributed by atoms with E-state index < -0.39 is 0 Å². The van der Waals surface area contributed by atoms with Crippen LogP contribution >= 0.6 is 0 Å². The van der Waals surface area contributed by atoms with Crippen LogP contribution in [0.15, 0.2) is 35.1 Å². The molecule has 0 saturated carbocycles. The molecule has 0 spiro atoms. The number of carbonyl (C=O) groups is 2. The van der Waals surface area contributed by atoms with Gasteiger partial charge in [-0.25, -0.2) is 0 Å². The number of pyridine rings is 1. The standard InChI is InChI=1S/C17H20N4O3/c1-12-10-15(20-24-12)16(22)19-11-13-4-8-21(9-5-13)17(23)14-2-6-18-7-3-14/h2-3,6-7,10,13H,4-5,8-9,11H2,1H3,(H,19,22).